The maximum atomic E-state index is 12.2. The zero-order valence-electron chi connectivity index (χ0n) is 14.3. The van der Waals surface area contributed by atoms with E-state index in [1.165, 1.54) is 50.4 Å². The molecule has 0 aromatic heterocycles. The van der Waals surface area contributed by atoms with E-state index in [0.29, 0.717) is 15.7 Å². The lowest BCUT2D eigenvalue weighted by Crippen LogP contribution is -2.30. The van der Waals surface area contributed by atoms with E-state index in [9.17, 15) is 18.0 Å². The molecule has 2 aromatic rings. The smallest absolute Gasteiger partial charge is 0.338 e. The number of ether oxygens (including phenoxy) is 1. The average Bonchev–Trinajstić information content (AvgIpc) is 2.60. The summed E-state index contributed by atoms with van der Waals surface area (Å²) in [7, 11) is -2.45. The van der Waals surface area contributed by atoms with Crippen LogP contribution in [0.25, 0.3) is 0 Å². The second-order valence-electron chi connectivity index (χ2n) is 5.43. The fourth-order valence-corrected chi connectivity index (χ4v) is 3.36. The number of carbonyl (C=O) groups excluding carboxylic acids is 2. The standard InChI is InChI=1S/C17H16Cl2N2O5S/c1-10(16(22)21-14-8-12(18)7-13(19)9-14)26-17(23)11-4-3-5-15(6-11)27(24,25)20-2/h3-10,20H,1-2H3,(H,21,22). The minimum atomic E-state index is -3.71. The van der Waals surface area contributed by atoms with Crippen molar-refractivity contribution in [1.29, 1.82) is 0 Å². The van der Waals surface area contributed by atoms with Crippen molar-refractivity contribution in [3.63, 3.8) is 0 Å². The summed E-state index contributed by atoms with van der Waals surface area (Å²) in [6, 6.07) is 9.78. The summed E-state index contributed by atoms with van der Waals surface area (Å²) >= 11 is 11.7. The number of rotatable bonds is 6. The number of benzene rings is 2. The molecule has 0 heterocycles. The van der Waals surface area contributed by atoms with Crippen molar-refractivity contribution in [2.24, 2.45) is 0 Å². The lowest BCUT2D eigenvalue weighted by molar-refractivity contribution is -0.123. The van der Waals surface area contributed by atoms with Gasteiger partial charge in [-0.15, -0.1) is 0 Å². The molecule has 2 rings (SSSR count). The van der Waals surface area contributed by atoms with Gasteiger partial charge in [-0.25, -0.2) is 17.9 Å². The third-order valence-electron chi connectivity index (χ3n) is 3.43. The number of esters is 1. The van der Waals surface area contributed by atoms with E-state index in [4.69, 9.17) is 27.9 Å². The fraction of sp³-hybridized carbons (Fsp3) is 0.176. The van der Waals surface area contributed by atoms with Gasteiger partial charge in [-0.05, 0) is 50.4 Å². The molecule has 0 bridgehead atoms. The van der Waals surface area contributed by atoms with Crippen LogP contribution in [0.15, 0.2) is 47.4 Å². The molecule has 0 saturated carbocycles. The molecule has 10 heteroatoms. The highest BCUT2D eigenvalue weighted by Crippen LogP contribution is 2.22. The molecule has 2 aromatic carbocycles. The molecule has 0 aliphatic rings. The Morgan fingerprint density at radius 1 is 1.07 bits per heavy atom. The van der Waals surface area contributed by atoms with Crippen LogP contribution in [0.5, 0.6) is 0 Å². The first-order chi connectivity index (χ1) is 12.6. The molecular weight excluding hydrogens is 415 g/mol. The number of sulfonamides is 1. The molecule has 0 fully saturated rings. The minimum absolute atomic E-state index is 0.00299. The number of carbonyl (C=O) groups is 2. The molecule has 1 atom stereocenters. The Morgan fingerprint density at radius 3 is 2.30 bits per heavy atom. The lowest BCUT2D eigenvalue weighted by Gasteiger charge is -2.14. The Hall–Kier alpha value is -2.13. The Morgan fingerprint density at radius 2 is 1.70 bits per heavy atom. The van der Waals surface area contributed by atoms with Gasteiger partial charge < -0.3 is 10.1 Å². The van der Waals surface area contributed by atoms with Gasteiger partial charge in [-0.1, -0.05) is 29.3 Å². The SMILES string of the molecule is CNS(=O)(=O)c1cccc(C(=O)OC(C)C(=O)Nc2cc(Cl)cc(Cl)c2)c1. The average molecular weight is 431 g/mol. The molecule has 27 heavy (non-hydrogen) atoms. The van der Waals surface area contributed by atoms with Crippen LogP contribution in [-0.4, -0.2) is 33.4 Å². The van der Waals surface area contributed by atoms with E-state index in [0.717, 1.165) is 6.07 Å². The van der Waals surface area contributed by atoms with Crippen LogP contribution in [0.3, 0.4) is 0 Å². The van der Waals surface area contributed by atoms with E-state index in [1.54, 1.807) is 0 Å². The Bertz CT molecular complexity index is 959. The summed E-state index contributed by atoms with van der Waals surface area (Å²) in [6.45, 7) is 1.38. The summed E-state index contributed by atoms with van der Waals surface area (Å²) in [5, 5.41) is 3.21. The summed E-state index contributed by atoms with van der Waals surface area (Å²) in [4.78, 5) is 24.3. The third-order valence-corrected chi connectivity index (χ3v) is 5.28. The van der Waals surface area contributed by atoms with Crippen molar-refractivity contribution in [1.82, 2.24) is 4.72 Å². The van der Waals surface area contributed by atoms with Crippen LogP contribution >= 0.6 is 23.2 Å². The van der Waals surface area contributed by atoms with Crippen molar-refractivity contribution >= 4 is 50.8 Å². The number of halogens is 2. The van der Waals surface area contributed by atoms with Gasteiger partial charge in [-0.3, -0.25) is 4.79 Å². The second kappa shape index (κ2) is 8.71. The molecule has 0 aliphatic carbocycles. The minimum Gasteiger partial charge on any atom is -0.449 e. The van der Waals surface area contributed by atoms with Crippen LogP contribution in [-0.2, 0) is 19.6 Å². The van der Waals surface area contributed by atoms with E-state index >= 15 is 0 Å². The van der Waals surface area contributed by atoms with Gasteiger partial charge in [0.1, 0.15) is 0 Å². The fourth-order valence-electron chi connectivity index (χ4n) is 2.06. The normalized spacial score (nSPS) is 12.3. The molecule has 2 N–H and O–H groups in total. The molecule has 144 valence electrons. The molecule has 0 spiro atoms. The summed E-state index contributed by atoms with van der Waals surface area (Å²) < 4.78 is 30.9. The zero-order valence-corrected chi connectivity index (χ0v) is 16.7. The molecule has 0 saturated heterocycles. The highest BCUT2D eigenvalue weighted by molar-refractivity contribution is 7.89. The highest BCUT2D eigenvalue weighted by Gasteiger charge is 2.21. The van der Waals surface area contributed by atoms with Crippen molar-refractivity contribution in [2.45, 2.75) is 17.9 Å². The first-order valence-corrected chi connectivity index (χ1v) is 9.88. The number of anilines is 1. The summed E-state index contributed by atoms with van der Waals surface area (Å²) in [5.41, 5.74) is 0.347. The van der Waals surface area contributed by atoms with Gasteiger partial charge in [0.05, 0.1) is 10.5 Å². The number of hydrogen-bond donors (Lipinski definition) is 2. The van der Waals surface area contributed by atoms with Crippen LogP contribution < -0.4 is 10.0 Å². The molecule has 1 unspecified atom stereocenters. The zero-order chi connectivity index (χ0) is 20.2. The first-order valence-electron chi connectivity index (χ1n) is 7.64. The second-order valence-corrected chi connectivity index (χ2v) is 8.19. The van der Waals surface area contributed by atoms with Crippen LogP contribution in [0, 0.1) is 0 Å². The van der Waals surface area contributed by atoms with E-state index in [-0.39, 0.29) is 10.5 Å². The van der Waals surface area contributed by atoms with Gasteiger partial charge in [0.25, 0.3) is 5.91 Å². The van der Waals surface area contributed by atoms with Gasteiger partial charge in [0.15, 0.2) is 6.10 Å². The Kier molecular flexibility index (Phi) is 6.83. The van der Waals surface area contributed by atoms with Gasteiger partial charge in [0, 0.05) is 15.7 Å². The Balaban J connectivity index is 2.08. The Labute approximate surface area is 166 Å². The number of nitrogens with one attached hydrogen (secondary N) is 2. The van der Waals surface area contributed by atoms with Crippen molar-refractivity contribution in [3.05, 3.63) is 58.1 Å². The number of amides is 1. The van der Waals surface area contributed by atoms with Crippen molar-refractivity contribution in [2.75, 3.05) is 12.4 Å². The largest absolute Gasteiger partial charge is 0.449 e. The molecule has 7 nitrogen and oxygen atoms in total. The molecule has 0 aliphatic heterocycles. The molecule has 0 radical (unpaired) electrons. The maximum Gasteiger partial charge on any atom is 0.338 e. The summed E-state index contributed by atoms with van der Waals surface area (Å²) in [6.07, 6.45) is -1.14. The van der Waals surface area contributed by atoms with E-state index in [1.807, 2.05) is 0 Å². The predicted molar refractivity (Wildman–Crippen MR) is 103 cm³/mol. The van der Waals surface area contributed by atoms with E-state index in [2.05, 4.69) is 10.0 Å². The summed E-state index contributed by atoms with van der Waals surface area (Å²) in [5.74, 6) is -1.43. The van der Waals surface area contributed by atoms with Gasteiger partial charge in [0.2, 0.25) is 10.0 Å². The quantitative estimate of drug-likeness (QED) is 0.685. The maximum absolute atomic E-state index is 12.2. The van der Waals surface area contributed by atoms with Gasteiger partial charge >= 0.3 is 5.97 Å². The monoisotopic (exact) mass is 430 g/mol. The van der Waals surface area contributed by atoms with Gasteiger partial charge in [-0.2, -0.15) is 0 Å². The van der Waals surface area contributed by atoms with Crippen molar-refractivity contribution in [3.8, 4) is 0 Å². The third kappa shape index (κ3) is 5.67. The number of hydrogen-bond acceptors (Lipinski definition) is 5. The first kappa shape index (κ1) is 21.2. The topological polar surface area (TPSA) is 102 Å². The van der Waals surface area contributed by atoms with Crippen LogP contribution in [0.4, 0.5) is 5.69 Å². The van der Waals surface area contributed by atoms with E-state index < -0.39 is 28.0 Å². The predicted octanol–water partition coefficient (Wildman–Crippen LogP) is 3.09. The molecular formula is C17H16Cl2N2O5S. The van der Waals surface area contributed by atoms with Crippen molar-refractivity contribution < 1.29 is 22.7 Å². The molecule has 1 amide bonds. The van der Waals surface area contributed by atoms with Crippen LogP contribution in [0.1, 0.15) is 17.3 Å². The lowest BCUT2D eigenvalue weighted by atomic mass is 10.2. The van der Waals surface area contributed by atoms with Crippen LogP contribution in [0.2, 0.25) is 10.0 Å². The highest BCUT2D eigenvalue weighted by atomic mass is 35.5.